The average molecular weight is 498 g/mol. The van der Waals surface area contributed by atoms with Crippen molar-refractivity contribution in [2.24, 2.45) is 0 Å². The molecule has 0 radical (unpaired) electrons. The second-order valence-corrected chi connectivity index (χ2v) is 3.09. The van der Waals surface area contributed by atoms with Crippen LogP contribution in [0.5, 0.6) is 0 Å². The van der Waals surface area contributed by atoms with Crippen molar-refractivity contribution in [3.8, 4) is 0 Å². The summed E-state index contributed by atoms with van der Waals surface area (Å²) in [7, 11) is 0. The molecule has 0 amide bonds. The van der Waals surface area contributed by atoms with Crippen molar-refractivity contribution in [3.63, 3.8) is 0 Å². The molecule has 0 aliphatic carbocycles. The first-order chi connectivity index (χ1) is 5.20. The molecule has 0 unspecified atom stereocenters. The van der Waals surface area contributed by atoms with Crippen LogP contribution in [0.2, 0.25) is 0 Å². The van der Waals surface area contributed by atoms with E-state index in [9.17, 15) is 0 Å². The third-order valence-electron chi connectivity index (χ3n) is 0. The van der Waals surface area contributed by atoms with Gasteiger partial charge in [-0.15, -0.1) is 0 Å². The Bertz CT molecular complexity index is 118. The summed E-state index contributed by atoms with van der Waals surface area (Å²) in [6, 6.07) is 0. The van der Waals surface area contributed by atoms with Gasteiger partial charge in [0, 0.05) is 0 Å². The van der Waals surface area contributed by atoms with E-state index < -0.39 is 55.8 Å². The van der Waals surface area contributed by atoms with Gasteiger partial charge < -0.3 is 0 Å². The van der Waals surface area contributed by atoms with Crippen LogP contribution in [0.15, 0.2) is 0 Å². The van der Waals surface area contributed by atoms with Crippen molar-refractivity contribution in [1.82, 2.24) is 0 Å². The molecule has 0 saturated heterocycles. The molecule has 0 aromatic heterocycles. The van der Waals surface area contributed by atoms with Crippen molar-refractivity contribution in [3.05, 3.63) is 0 Å². The van der Waals surface area contributed by atoms with Gasteiger partial charge in [-0.1, -0.05) is 0 Å². The first-order valence-corrected chi connectivity index (χ1v) is 7.57. The fourth-order valence-corrected chi connectivity index (χ4v) is 0. The summed E-state index contributed by atoms with van der Waals surface area (Å²) in [5, 5.41) is 0. The van der Waals surface area contributed by atoms with Gasteiger partial charge >= 0.3 is 154 Å². The molecule has 72 valence electrons. The van der Waals surface area contributed by atoms with Crippen molar-refractivity contribution >= 4 is 66.5 Å². The number of hydrogen-bond acceptors (Lipinski definition) is 9. The summed E-state index contributed by atoms with van der Waals surface area (Å²) in [5.74, 6) is 0. The molecule has 0 aromatic carbocycles. The summed E-state index contributed by atoms with van der Waals surface area (Å²) in [5.41, 5.74) is 0. The van der Waals surface area contributed by atoms with Gasteiger partial charge in [0.25, 0.3) is 0 Å². The van der Waals surface area contributed by atoms with E-state index in [0.717, 1.165) is 0 Å². The SMILES string of the molecule is [Ba+2].[Ge+4].[O]=[Ti]([O-])[O-].[O]=[Ti]([O-])[O-].[O]=[Ti]([O-])[O-]. The Hall–Kier alpha value is 3.42. The molecule has 0 aliphatic heterocycles. The zero-order chi connectivity index (χ0) is 10.7. The maximum atomic E-state index is 8.58. The Labute approximate surface area is 151 Å². The van der Waals surface area contributed by atoms with Crippen LogP contribution < -0.4 is 22.1 Å². The van der Waals surface area contributed by atoms with Gasteiger partial charge in [0.05, 0.1) is 0 Å². The quantitative estimate of drug-likeness (QED) is 0.293. The number of rotatable bonds is 0. The molecule has 0 saturated carbocycles. The fourth-order valence-electron chi connectivity index (χ4n) is 0. The summed E-state index contributed by atoms with van der Waals surface area (Å²) >= 11 is -12.2. The zero-order valence-electron chi connectivity index (χ0n) is 6.38. The summed E-state index contributed by atoms with van der Waals surface area (Å²) in [6.45, 7) is 0. The second-order valence-electron chi connectivity index (χ2n) is 0.750. The van der Waals surface area contributed by atoms with Gasteiger partial charge in [0.15, 0.2) is 0 Å². The first-order valence-electron chi connectivity index (χ1n) is 1.84. The minimum atomic E-state index is -4.08. The van der Waals surface area contributed by atoms with Gasteiger partial charge in [-0.05, 0) is 0 Å². The molecule has 0 fully saturated rings. The molecule has 0 aromatic rings. The second kappa shape index (κ2) is 25.3. The van der Waals surface area contributed by atoms with Crippen LogP contribution in [0, 0.1) is 0 Å². The molecule has 0 bridgehead atoms. The maximum absolute atomic E-state index is 8.58. The van der Waals surface area contributed by atoms with Crippen LogP contribution in [-0.2, 0) is 65.8 Å². The summed E-state index contributed by atoms with van der Waals surface area (Å²) in [4.78, 5) is 0. The normalized spacial score (nSPS) is 5.57. The van der Waals surface area contributed by atoms with E-state index in [2.05, 4.69) is 0 Å². The van der Waals surface area contributed by atoms with E-state index in [-0.39, 0.29) is 66.5 Å². The van der Waals surface area contributed by atoms with Gasteiger partial charge in [-0.2, -0.15) is 0 Å². The Balaban J connectivity index is -0.0000000270. The van der Waals surface area contributed by atoms with Crippen molar-refractivity contribution < 1.29 is 88.0 Å². The molecule has 0 atom stereocenters. The fraction of sp³-hybridized carbons (Fsp3) is 0. The van der Waals surface area contributed by atoms with Gasteiger partial charge in [-0.25, -0.2) is 0 Å². The molecule has 14 heteroatoms. The Morgan fingerprint density at radius 2 is 0.571 bits per heavy atom. The first kappa shape index (κ1) is 30.4. The van der Waals surface area contributed by atoms with Crippen LogP contribution in [0.1, 0.15) is 0 Å². The van der Waals surface area contributed by atoms with Crippen molar-refractivity contribution in [1.29, 1.82) is 0 Å². The Morgan fingerprint density at radius 3 is 0.571 bits per heavy atom. The summed E-state index contributed by atoms with van der Waals surface area (Å²) < 4.78 is 77.2. The van der Waals surface area contributed by atoms with Crippen molar-refractivity contribution in [2.45, 2.75) is 0 Å². The predicted octanol–water partition coefficient (Wildman–Crippen LogP) is -8.26. The van der Waals surface area contributed by atoms with E-state index in [1.807, 2.05) is 0 Å². The molecule has 14 heavy (non-hydrogen) atoms. The van der Waals surface area contributed by atoms with Crippen LogP contribution in [0.4, 0.5) is 0 Å². The molecular weight excluding hydrogens is 498 g/mol. The molecule has 0 rings (SSSR count). The molecule has 9 nitrogen and oxygen atoms in total. The van der Waals surface area contributed by atoms with E-state index in [4.69, 9.17) is 32.1 Å². The predicted molar refractivity (Wildman–Crippen MR) is 13.6 cm³/mol. The van der Waals surface area contributed by atoms with E-state index in [1.165, 1.54) is 0 Å². The topological polar surface area (TPSA) is 190 Å². The minimum absolute atomic E-state index is 0. The van der Waals surface area contributed by atoms with Crippen LogP contribution in [-0.4, -0.2) is 66.5 Å². The van der Waals surface area contributed by atoms with Gasteiger partial charge in [-0.3, -0.25) is 0 Å². The standard InChI is InChI=1S/Ba.Ge.9O.3Ti/q+2;+4;;;;6*-1;;;. The molecule has 0 N–H and O–H groups in total. The molecular formula is BaGeO9Ti3. The Kier molecular flexibility index (Phi) is 55.0. The van der Waals surface area contributed by atoms with Crippen molar-refractivity contribution in [2.75, 3.05) is 0 Å². The van der Waals surface area contributed by atoms with E-state index in [0.29, 0.717) is 0 Å². The average Bonchev–Trinajstić information content (AvgIpc) is 1.54. The number of hydrogen-bond donors (Lipinski definition) is 0. The van der Waals surface area contributed by atoms with Crippen LogP contribution in [0.25, 0.3) is 0 Å². The Morgan fingerprint density at radius 1 is 0.571 bits per heavy atom. The van der Waals surface area contributed by atoms with Gasteiger partial charge in [0.2, 0.25) is 0 Å². The van der Waals surface area contributed by atoms with E-state index in [1.54, 1.807) is 0 Å². The zero-order valence-corrected chi connectivity index (χ0v) is 17.6. The van der Waals surface area contributed by atoms with E-state index >= 15 is 0 Å². The molecule has 0 heterocycles. The third kappa shape index (κ3) is 274. The molecule has 0 spiro atoms. The van der Waals surface area contributed by atoms with Crippen LogP contribution >= 0.6 is 0 Å². The third-order valence-corrected chi connectivity index (χ3v) is 0. The summed E-state index contributed by atoms with van der Waals surface area (Å²) in [6.07, 6.45) is 0. The van der Waals surface area contributed by atoms with Crippen LogP contribution in [0.3, 0.4) is 0 Å². The monoisotopic (exact) mass is 500 g/mol. The molecule has 0 aliphatic rings. The van der Waals surface area contributed by atoms with Gasteiger partial charge in [0.1, 0.15) is 0 Å².